The molecule has 0 amide bonds. The first-order valence-electron chi connectivity index (χ1n) is 8.84. The van der Waals surface area contributed by atoms with E-state index >= 15 is 0 Å². The SMILES string of the molecule is Cc1ccc(S(=O)(=O)N/N=C\c2ccc(OC(=O)c3ccccc3C)cc2)cc1. The molecule has 0 aliphatic rings. The molecule has 148 valence electrons. The highest BCUT2D eigenvalue weighted by Crippen LogP contribution is 2.15. The molecule has 0 saturated heterocycles. The van der Waals surface area contributed by atoms with Gasteiger partial charge in [0.1, 0.15) is 5.75 Å². The van der Waals surface area contributed by atoms with Gasteiger partial charge in [-0.25, -0.2) is 9.63 Å². The summed E-state index contributed by atoms with van der Waals surface area (Å²) >= 11 is 0. The molecule has 3 aromatic rings. The second-order valence-corrected chi connectivity index (χ2v) is 8.10. The van der Waals surface area contributed by atoms with Crippen molar-refractivity contribution in [3.8, 4) is 5.75 Å². The Balaban J connectivity index is 1.62. The quantitative estimate of drug-likeness (QED) is 0.291. The number of nitrogens with one attached hydrogen (secondary N) is 1. The highest BCUT2D eigenvalue weighted by molar-refractivity contribution is 7.89. The molecular weight excluding hydrogens is 388 g/mol. The van der Waals surface area contributed by atoms with Crippen LogP contribution in [0, 0.1) is 13.8 Å². The fourth-order valence-electron chi connectivity index (χ4n) is 2.53. The molecular formula is C22H20N2O4S. The summed E-state index contributed by atoms with van der Waals surface area (Å²) < 4.78 is 29.7. The van der Waals surface area contributed by atoms with Gasteiger partial charge in [0.15, 0.2) is 0 Å². The minimum absolute atomic E-state index is 0.138. The zero-order valence-electron chi connectivity index (χ0n) is 16.0. The van der Waals surface area contributed by atoms with Gasteiger partial charge >= 0.3 is 5.97 Å². The van der Waals surface area contributed by atoms with Gasteiger partial charge < -0.3 is 4.74 Å². The highest BCUT2D eigenvalue weighted by atomic mass is 32.2. The van der Waals surface area contributed by atoms with Crippen LogP contribution in [0.15, 0.2) is 82.8 Å². The van der Waals surface area contributed by atoms with Crippen LogP contribution < -0.4 is 9.57 Å². The normalized spacial score (nSPS) is 11.4. The molecule has 7 heteroatoms. The fraction of sp³-hybridized carbons (Fsp3) is 0.0909. The molecule has 0 radical (unpaired) electrons. The number of nitrogens with zero attached hydrogens (tertiary/aromatic N) is 1. The lowest BCUT2D eigenvalue weighted by molar-refractivity contribution is 0.0734. The summed E-state index contributed by atoms with van der Waals surface area (Å²) in [5, 5.41) is 3.79. The molecule has 0 bridgehead atoms. The van der Waals surface area contributed by atoms with E-state index < -0.39 is 16.0 Å². The van der Waals surface area contributed by atoms with Gasteiger partial charge in [-0.15, -0.1) is 0 Å². The predicted octanol–water partition coefficient (Wildman–Crippen LogP) is 3.84. The molecule has 29 heavy (non-hydrogen) atoms. The van der Waals surface area contributed by atoms with Crippen LogP contribution in [0.4, 0.5) is 0 Å². The Morgan fingerprint density at radius 2 is 1.59 bits per heavy atom. The Labute approximate surface area is 169 Å². The molecule has 0 aliphatic heterocycles. The van der Waals surface area contributed by atoms with Gasteiger partial charge in [0.05, 0.1) is 16.7 Å². The van der Waals surface area contributed by atoms with Crippen LogP contribution in [0.3, 0.4) is 0 Å². The van der Waals surface area contributed by atoms with E-state index in [0.717, 1.165) is 11.1 Å². The first-order valence-corrected chi connectivity index (χ1v) is 10.3. The van der Waals surface area contributed by atoms with Crippen LogP contribution in [-0.2, 0) is 10.0 Å². The first kappa shape index (κ1) is 20.3. The van der Waals surface area contributed by atoms with E-state index in [2.05, 4.69) is 9.93 Å². The number of rotatable bonds is 6. The first-order chi connectivity index (χ1) is 13.8. The maximum absolute atomic E-state index is 12.2. The molecule has 0 heterocycles. The third-order valence-corrected chi connectivity index (χ3v) is 5.41. The van der Waals surface area contributed by atoms with Crippen molar-refractivity contribution in [2.75, 3.05) is 0 Å². The van der Waals surface area contributed by atoms with Crippen LogP contribution in [0.25, 0.3) is 0 Å². The van der Waals surface area contributed by atoms with Crippen molar-refractivity contribution in [1.82, 2.24) is 4.83 Å². The van der Waals surface area contributed by atoms with Crippen molar-refractivity contribution in [3.05, 3.63) is 95.1 Å². The summed E-state index contributed by atoms with van der Waals surface area (Å²) in [5.74, 6) is -0.0500. The van der Waals surface area contributed by atoms with Gasteiger partial charge in [0, 0.05) is 0 Å². The number of ether oxygens (including phenoxy) is 1. The highest BCUT2D eigenvalue weighted by Gasteiger charge is 2.12. The van der Waals surface area contributed by atoms with Crippen molar-refractivity contribution in [1.29, 1.82) is 0 Å². The monoisotopic (exact) mass is 408 g/mol. The van der Waals surface area contributed by atoms with Gasteiger partial charge in [-0.05, 0) is 67.4 Å². The Hall–Kier alpha value is -3.45. The van der Waals surface area contributed by atoms with Gasteiger partial charge in [-0.3, -0.25) is 0 Å². The number of benzene rings is 3. The predicted molar refractivity (Wildman–Crippen MR) is 112 cm³/mol. The lowest BCUT2D eigenvalue weighted by Gasteiger charge is -2.07. The Morgan fingerprint density at radius 3 is 2.24 bits per heavy atom. The van der Waals surface area contributed by atoms with Crippen molar-refractivity contribution in [2.24, 2.45) is 5.10 Å². The number of carbonyl (C=O) groups excluding carboxylic acids is 1. The minimum atomic E-state index is -3.72. The van der Waals surface area contributed by atoms with Crippen LogP contribution in [-0.4, -0.2) is 20.6 Å². The average Bonchev–Trinajstić information content (AvgIpc) is 2.70. The van der Waals surface area contributed by atoms with Crippen molar-refractivity contribution >= 4 is 22.2 Å². The van der Waals surface area contributed by atoms with Gasteiger partial charge in [0.2, 0.25) is 0 Å². The average molecular weight is 408 g/mol. The summed E-state index contributed by atoms with van der Waals surface area (Å²) in [6, 6.07) is 20.2. The van der Waals surface area contributed by atoms with E-state index in [4.69, 9.17) is 4.74 Å². The number of hydrazone groups is 1. The Morgan fingerprint density at radius 1 is 0.931 bits per heavy atom. The standard InChI is InChI=1S/C22H20N2O4S/c1-16-7-13-20(14-8-16)29(26,27)24-23-15-18-9-11-19(12-10-18)28-22(25)21-6-4-3-5-17(21)2/h3-15,24H,1-2H3/b23-15-. The zero-order chi connectivity index (χ0) is 20.9. The topological polar surface area (TPSA) is 84.8 Å². The van der Waals surface area contributed by atoms with Crippen LogP contribution in [0.2, 0.25) is 0 Å². The van der Waals surface area contributed by atoms with Gasteiger partial charge in [0.25, 0.3) is 10.0 Å². The van der Waals surface area contributed by atoms with E-state index in [9.17, 15) is 13.2 Å². The van der Waals surface area contributed by atoms with E-state index in [1.54, 1.807) is 48.5 Å². The molecule has 0 aliphatic carbocycles. The molecule has 0 fully saturated rings. The summed E-state index contributed by atoms with van der Waals surface area (Å²) in [4.78, 5) is 14.5. The second kappa shape index (κ2) is 8.70. The van der Waals surface area contributed by atoms with Gasteiger partial charge in [-0.2, -0.15) is 13.5 Å². The van der Waals surface area contributed by atoms with Crippen molar-refractivity contribution in [2.45, 2.75) is 18.7 Å². The van der Waals surface area contributed by atoms with Crippen LogP contribution in [0.5, 0.6) is 5.75 Å². The molecule has 0 aromatic heterocycles. The molecule has 3 aromatic carbocycles. The second-order valence-electron chi connectivity index (χ2n) is 6.44. The number of hydrogen-bond donors (Lipinski definition) is 1. The maximum Gasteiger partial charge on any atom is 0.343 e. The van der Waals surface area contributed by atoms with E-state index in [0.29, 0.717) is 16.9 Å². The minimum Gasteiger partial charge on any atom is -0.423 e. The Kier molecular flexibility index (Phi) is 6.09. The number of hydrogen-bond acceptors (Lipinski definition) is 5. The molecule has 6 nitrogen and oxygen atoms in total. The molecule has 0 saturated carbocycles. The van der Waals surface area contributed by atoms with Crippen molar-refractivity contribution < 1.29 is 17.9 Å². The molecule has 0 spiro atoms. The van der Waals surface area contributed by atoms with E-state index in [-0.39, 0.29) is 4.90 Å². The number of esters is 1. The van der Waals surface area contributed by atoms with Crippen molar-refractivity contribution in [3.63, 3.8) is 0 Å². The number of sulfonamides is 1. The summed E-state index contributed by atoms with van der Waals surface area (Å²) in [5.41, 5.74) is 2.95. The lowest BCUT2D eigenvalue weighted by Crippen LogP contribution is -2.18. The lowest BCUT2D eigenvalue weighted by atomic mass is 10.1. The number of aryl methyl sites for hydroxylation is 2. The van der Waals surface area contributed by atoms with E-state index in [1.807, 2.05) is 26.0 Å². The van der Waals surface area contributed by atoms with Gasteiger partial charge in [-0.1, -0.05) is 35.9 Å². The Bertz CT molecular complexity index is 1140. The fourth-order valence-corrected chi connectivity index (χ4v) is 3.32. The molecule has 0 unspecified atom stereocenters. The third kappa shape index (κ3) is 5.30. The maximum atomic E-state index is 12.2. The van der Waals surface area contributed by atoms with E-state index in [1.165, 1.54) is 18.3 Å². The molecule has 1 N–H and O–H groups in total. The summed E-state index contributed by atoms with van der Waals surface area (Å²) in [7, 11) is -3.72. The molecule has 0 atom stereocenters. The third-order valence-electron chi connectivity index (χ3n) is 4.17. The molecule has 3 rings (SSSR count). The largest absolute Gasteiger partial charge is 0.423 e. The van der Waals surface area contributed by atoms with Crippen LogP contribution in [0.1, 0.15) is 27.0 Å². The zero-order valence-corrected chi connectivity index (χ0v) is 16.8. The summed E-state index contributed by atoms with van der Waals surface area (Å²) in [6.45, 7) is 3.72. The smallest absolute Gasteiger partial charge is 0.343 e. The number of carbonyl (C=O) groups is 1. The van der Waals surface area contributed by atoms with Crippen LogP contribution >= 0.6 is 0 Å². The summed E-state index contributed by atoms with van der Waals surface area (Å²) in [6.07, 6.45) is 1.37.